The predicted molar refractivity (Wildman–Crippen MR) is 85.2 cm³/mol. The minimum absolute atomic E-state index is 0.103. The molecule has 1 aliphatic rings. The first-order valence-corrected chi connectivity index (χ1v) is 7.43. The molecular weight excluding hydrogens is 316 g/mol. The van der Waals surface area contributed by atoms with E-state index in [9.17, 15) is 4.79 Å². The molecule has 3 nitrogen and oxygen atoms in total. The second-order valence-corrected chi connectivity index (χ2v) is 5.88. The topological polar surface area (TPSA) is 41.1 Å². The molecule has 3 rings (SSSR count). The van der Waals surface area contributed by atoms with Gasteiger partial charge in [-0.1, -0.05) is 22.0 Å². The fraction of sp³-hybridized carbons (Fsp3) is 0.188. The van der Waals surface area contributed by atoms with Crippen LogP contribution in [0.3, 0.4) is 0 Å². The summed E-state index contributed by atoms with van der Waals surface area (Å²) in [6, 6.07) is 15.8. The molecule has 1 amide bonds. The first-order chi connectivity index (χ1) is 9.70. The smallest absolute Gasteiger partial charge is 0.255 e. The minimum Gasteiger partial charge on any atom is -0.382 e. The van der Waals surface area contributed by atoms with Gasteiger partial charge in [0.15, 0.2) is 0 Å². The summed E-state index contributed by atoms with van der Waals surface area (Å²) < 4.78 is 0.897. The van der Waals surface area contributed by atoms with Crippen molar-refractivity contribution in [3.63, 3.8) is 0 Å². The first kappa shape index (κ1) is 13.2. The van der Waals surface area contributed by atoms with Crippen molar-refractivity contribution in [1.82, 2.24) is 0 Å². The fourth-order valence-corrected chi connectivity index (χ4v) is 2.35. The molecule has 2 aromatic rings. The Balaban J connectivity index is 1.65. The van der Waals surface area contributed by atoms with Gasteiger partial charge >= 0.3 is 0 Å². The highest BCUT2D eigenvalue weighted by Gasteiger charge is 2.20. The van der Waals surface area contributed by atoms with E-state index in [0.29, 0.717) is 11.6 Å². The lowest BCUT2D eigenvalue weighted by Crippen LogP contribution is -2.11. The lowest BCUT2D eigenvalue weighted by molar-refractivity contribution is 0.102. The Labute approximate surface area is 126 Å². The normalized spacial score (nSPS) is 13.8. The lowest BCUT2D eigenvalue weighted by atomic mass is 10.2. The maximum Gasteiger partial charge on any atom is 0.255 e. The van der Waals surface area contributed by atoms with Crippen molar-refractivity contribution >= 4 is 33.2 Å². The Kier molecular flexibility index (Phi) is 3.74. The monoisotopic (exact) mass is 330 g/mol. The number of rotatable bonds is 4. The van der Waals surface area contributed by atoms with Crippen molar-refractivity contribution in [2.75, 3.05) is 10.6 Å². The summed E-state index contributed by atoms with van der Waals surface area (Å²) in [6.07, 6.45) is 2.50. The molecule has 0 unspecified atom stereocenters. The van der Waals surface area contributed by atoms with Crippen LogP contribution in [-0.4, -0.2) is 11.9 Å². The molecule has 1 fully saturated rings. The standard InChI is InChI=1S/C16H15BrN2O/c17-12-3-1-2-11(10-12)16(20)19-15-8-6-14(7-9-15)18-13-4-5-13/h1-3,6-10,13,18H,4-5H2,(H,19,20). The molecule has 0 spiro atoms. The zero-order chi connectivity index (χ0) is 13.9. The first-order valence-electron chi connectivity index (χ1n) is 6.64. The van der Waals surface area contributed by atoms with E-state index >= 15 is 0 Å². The number of halogens is 1. The molecule has 1 saturated carbocycles. The molecule has 1 aliphatic carbocycles. The van der Waals surface area contributed by atoms with E-state index in [4.69, 9.17) is 0 Å². The fourth-order valence-electron chi connectivity index (χ4n) is 1.95. The molecule has 0 bridgehead atoms. The van der Waals surface area contributed by atoms with E-state index in [1.54, 1.807) is 12.1 Å². The van der Waals surface area contributed by atoms with Crippen LogP contribution in [0.1, 0.15) is 23.2 Å². The van der Waals surface area contributed by atoms with E-state index in [1.165, 1.54) is 12.8 Å². The lowest BCUT2D eigenvalue weighted by Gasteiger charge is -2.08. The average Bonchev–Trinajstić information content (AvgIpc) is 3.25. The van der Waals surface area contributed by atoms with Crippen molar-refractivity contribution in [3.8, 4) is 0 Å². The van der Waals surface area contributed by atoms with E-state index in [1.807, 2.05) is 36.4 Å². The quantitative estimate of drug-likeness (QED) is 0.878. The van der Waals surface area contributed by atoms with Gasteiger partial charge in [-0.2, -0.15) is 0 Å². The van der Waals surface area contributed by atoms with Crippen LogP contribution in [0, 0.1) is 0 Å². The van der Waals surface area contributed by atoms with E-state index in [2.05, 4.69) is 26.6 Å². The minimum atomic E-state index is -0.103. The average molecular weight is 331 g/mol. The van der Waals surface area contributed by atoms with Crippen LogP contribution >= 0.6 is 15.9 Å². The second-order valence-electron chi connectivity index (χ2n) is 4.96. The summed E-state index contributed by atoms with van der Waals surface area (Å²) in [5.74, 6) is -0.103. The van der Waals surface area contributed by atoms with Crippen LogP contribution in [0.4, 0.5) is 11.4 Å². The number of hydrogen-bond acceptors (Lipinski definition) is 2. The van der Waals surface area contributed by atoms with Crippen molar-refractivity contribution in [2.24, 2.45) is 0 Å². The molecule has 0 atom stereocenters. The summed E-state index contributed by atoms with van der Waals surface area (Å²) in [5, 5.41) is 6.31. The Morgan fingerprint density at radius 2 is 1.75 bits per heavy atom. The van der Waals surface area contributed by atoms with Gasteiger partial charge in [-0.15, -0.1) is 0 Å². The highest BCUT2D eigenvalue weighted by Crippen LogP contribution is 2.25. The van der Waals surface area contributed by atoms with Crippen LogP contribution in [0.5, 0.6) is 0 Å². The van der Waals surface area contributed by atoms with E-state index in [0.717, 1.165) is 15.8 Å². The second kappa shape index (κ2) is 5.67. The van der Waals surface area contributed by atoms with Crippen molar-refractivity contribution in [2.45, 2.75) is 18.9 Å². The highest BCUT2D eigenvalue weighted by atomic mass is 79.9. The molecular formula is C16H15BrN2O. The number of carbonyl (C=O) groups is 1. The van der Waals surface area contributed by atoms with Crippen LogP contribution in [-0.2, 0) is 0 Å². The summed E-state index contributed by atoms with van der Waals surface area (Å²) in [5.41, 5.74) is 2.55. The van der Waals surface area contributed by atoms with Gasteiger partial charge in [-0.3, -0.25) is 4.79 Å². The molecule has 2 N–H and O–H groups in total. The SMILES string of the molecule is O=C(Nc1ccc(NC2CC2)cc1)c1cccc(Br)c1. The predicted octanol–water partition coefficient (Wildman–Crippen LogP) is 4.28. The maximum absolute atomic E-state index is 12.1. The van der Waals surface area contributed by atoms with Gasteiger partial charge in [-0.05, 0) is 55.3 Å². The Bertz CT molecular complexity index is 621. The van der Waals surface area contributed by atoms with Gasteiger partial charge in [0, 0.05) is 27.5 Å². The molecule has 4 heteroatoms. The third kappa shape index (κ3) is 3.39. The van der Waals surface area contributed by atoms with Gasteiger partial charge < -0.3 is 10.6 Å². The summed E-state index contributed by atoms with van der Waals surface area (Å²) in [4.78, 5) is 12.1. The van der Waals surface area contributed by atoms with Crippen LogP contribution in [0.2, 0.25) is 0 Å². The summed E-state index contributed by atoms with van der Waals surface area (Å²) >= 11 is 3.37. The maximum atomic E-state index is 12.1. The van der Waals surface area contributed by atoms with Gasteiger partial charge in [0.1, 0.15) is 0 Å². The molecule has 0 radical (unpaired) electrons. The number of anilines is 2. The molecule has 0 aromatic heterocycles. The summed E-state index contributed by atoms with van der Waals surface area (Å²) in [7, 11) is 0. The molecule has 20 heavy (non-hydrogen) atoms. The van der Waals surface area contributed by atoms with Crippen LogP contribution < -0.4 is 10.6 Å². The highest BCUT2D eigenvalue weighted by molar-refractivity contribution is 9.10. The zero-order valence-corrected chi connectivity index (χ0v) is 12.5. The number of carbonyl (C=O) groups excluding carboxylic acids is 1. The Morgan fingerprint density at radius 1 is 1.05 bits per heavy atom. The number of nitrogens with one attached hydrogen (secondary N) is 2. The van der Waals surface area contributed by atoms with Gasteiger partial charge in [-0.25, -0.2) is 0 Å². The largest absolute Gasteiger partial charge is 0.382 e. The third-order valence-corrected chi connectivity index (χ3v) is 3.67. The van der Waals surface area contributed by atoms with E-state index in [-0.39, 0.29) is 5.91 Å². The van der Waals surface area contributed by atoms with Gasteiger partial charge in [0.25, 0.3) is 5.91 Å². The van der Waals surface area contributed by atoms with E-state index < -0.39 is 0 Å². The Morgan fingerprint density at radius 3 is 2.40 bits per heavy atom. The third-order valence-electron chi connectivity index (χ3n) is 3.18. The Hall–Kier alpha value is -1.81. The molecule has 0 heterocycles. The number of benzene rings is 2. The molecule has 0 aliphatic heterocycles. The molecule has 2 aromatic carbocycles. The molecule has 102 valence electrons. The summed E-state index contributed by atoms with van der Waals surface area (Å²) in [6.45, 7) is 0. The number of hydrogen-bond donors (Lipinski definition) is 2. The van der Waals surface area contributed by atoms with Crippen molar-refractivity contribution < 1.29 is 4.79 Å². The van der Waals surface area contributed by atoms with Crippen LogP contribution in [0.25, 0.3) is 0 Å². The molecule has 0 saturated heterocycles. The van der Waals surface area contributed by atoms with Crippen molar-refractivity contribution in [3.05, 3.63) is 58.6 Å². The van der Waals surface area contributed by atoms with Crippen LogP contribution in [0.15, 0.2) is 53.0 Å². The van der Waals surface area contributed by atoms with Gasteiger partial charge in [0.2, 0.25) is 0 Å². The van der Waals surface area contributed by atoms with Crippen molar-refractivity contribution in [1.29, 1.82) is 0 Å². The number of amides is 1. The van der Waals surface area contributed by atoms with Gasteiger partial charge in [0.05, 0.1) is 0 Å². The zero-order valence-electron chi connectivity index (χ0n) is 10.9.